The van der Waals surface area contributed by atoms with Gasteiger partial charge in [-0.2, -0.15) is 0 Å². The third-order valence-electron chi connectivity index (χ3n) is 2.76. The topological polar surface area (TPSA) is 52.6 Å². The maximum atomic E-state index is 12.8. The highest BCUT2D eigenvalue weighted by atomic mass is 19.1. The lowest BCUT2D eigenvalue weighted by Crippen LogP contribution is -2.09. The molecule has 0 amide bonds. The Labute approximate surface area is 121 Å². The molecular formula is C16H13FO4. The zero-order valence-corrected chi connectivity index (χ0v) is 11.3. The predicted octanol–water partition coefficient (Wildman–Crippen LogP) is 3.36. The number of rotatable bonds is 5. The fourth-order valence-corrected chi connectivity index (χ4v) is 1.65. The van der Waals surface area contributed by atoms with Crippen LogP contribution in [-0.2, 0) is 9.53 Å². The van der Waals surface area contributed by atoms with E-state index in [9.17, 15) is 14.0 Å². The van der Waals surface area contributed by atoms with Crippen LogP contribution in [0.5, 0.6) is 11.5 Å². The molecule has 0 aliphatic carbocycles. The second-order valence-electron chi connectivity index (χ2n) is 4.26. The summed E-state index contributed by atoms with van der Waals surface area (Å²) in [6.07, 6.45) is -0.297. The van der Waals surface area contributed by atoms with E-state index in [0.717, 1.165) is 0 Å². The third kappa shape index (κ3) is 4.14. The maximum Gasteiger partial charge on any atom is 0.313 e. The van der Waals surface area contributed by atoms with Crippen molar-refractivity contribution in [3.8, 4) is 11.5 Å². The van der Waals surface area contributed by atoms with Crippen molar-refractivity contribution in [1.82, 2.24) is 0 Å². The van der Waals surface area contributed by atoms with Gasteiger partial charge in [0.2, 0.25) is 0 Å². The molecule has 0 N–H and O–H groups in total. The van der Waals surface area contributed by atoms with E-state index in [-0.39, 0.29) is 18.0 Å². The van der Waals surface area contributed by atoms with Gasteiger partial charge < -0.3 is 9.47 Å². The lowest BCUT2D eigenvalue weighted by atomic mass is 10.1. The van der Waals surface area contributed by atoms with Gasteiger partial charge in [0.25, 0.3) is 0 Å². The van der Waals surface area contributed by atoms with Crippen LogP contribution >= 0.6 is 0 Å². The number of hydrogen-bond acceptors (Lipinski definition) is 4. The Kier molecular flexibility index (Phi) is 4.66. The summed E-state index contributed by atoms with van der Waals surface area (Å²) in [6.45, 7) is 0. The van der Waals surface area contributed by atoms with Gasteiger partial charge in [0.1, 0.15) is 23.7 Å². The normalized spacial score (nSPS) is 10.0. The summed E-state index contributed by atoms with van der Waals surface area (Å²) in [5, 5.41) is 0. The number of ketones is 1. The minimum atomic E-state index is -0.577. The standard InChI is InChI=1S/C16H13FO4/c1-20-16(19)10-15(18)11-2-6-13(7-3-11)21-14-8-4-12(17)5-9-14/h2-9H,10H2,1H3. The maximum absolute atomic E-state index is 12.8. The number of methoxy groups -OCH3 is 1. The highest BCUT2D eigenvalue weighted by Crippen LogP contribution is 2.22. The molecule has 0 heterocycles. The van der Waals surface area contributed by atoms with Gasteiger partial charge in [0, 0.05) is 5.56 Å². The Bertz CT molecular complexity index is 632. The Balaban J connectivity index is 2.03. The summed E-state index contributed by atoms with van der Waals surface area (Å²) in [6, 6.07) is 11.9. The molecule has 2 aromatic carbocycles. The summed E-state index contributed by atoms with van der Waals surface area (Å²) in [5.74, 6) is -0.241. The van der Waals surface area contributed by atoms with Crippen LogP contribution in [0.2, 0.25) is 0 Å². The van der Waals surface area contributed by atoms with Gasteiger partial charge in [-0.15, -0.1) is 0 Å². The molecule has 4 nitrogen and oxygen atoms in total. The molecule has 0 spiro atoms. The summed E-state index contributed by atoms with van der Waals surface area (Å²) < 4.78 is 22.7. The molecule has 0 radical (unpaired) electrons. The van der Waals surface area contributed by atoms with Crippen LogP contribution in [0.15, 0.2) is 48.5 Å². The SMILES string of the molecule is COC(=O)CC(=O)c1ccc(Oc2ccc(F)cc2)cc1. The first-order valence-corrected chi connectivity index (χ1v) is 6.22. The Morgan fingerprint density at radius 1 is 0.952 bits per heavy atom. The summed E-state index contributed by atoms with van der Waals surface area (Å²) in [7, 11) is 1.23. The Morgan fingerprint density at radius 2 is 1.48 bits per heavy atom. The van der Waals surface area contributed by atoms with Crippen LogP contribution in [-0.4, -0.2) is 18.9 Å². The summed E-state index contributed by atoms with van der Waals surface area (Å²) in [4.78, 5) is 22.8. The minimum Gasteiger partial charge on any atom is -0.469 e. The van der Waals surface area contributed by atoms with Gasteiger partial charge in [-0.3, -0.25) is 9.59 Å². The van der Waals surface area contributed by atoms with E-state index in [1.807, 2.05) is 0 Å². The first kappa shape index (κ1) is 14.7. The van der Waals surface area contributed by atoms with Gasteiger partial charge in [-0.05, 0) is 48.5 Å². The monoisotopic (exact) mass is 288 g/mol. The molecule has 0 aromatic heterocycles. The van der Waals surface area contributed by atoms with Crippen molar-refractivity contribution in [2.24, 2.45) is 0 Å². The number of hydrogen-bond donors (Lipinski definition) is 0. The largest absolute Gasteiger partial charge is 0.469 e. The van der Waals surface area contributed by atoms with Crippen molar-refractivity contribution in [2.75, 3.05) is 7.11 Å². The second-order valence-corrected chi connectivity index (χ2v) is 4.26. The third-order valence-corrected chi connectivity index (χ3v) is 2.76. The van der Waals surface area contributed by atoms with Gasteiger partial charge in [-0.1, -0.05) is 0 Å². The van der Waals surface area contributed by atoms with E-state index < -0.39 is 5.97 Å². The predicted molar refractivity (Wildman–Crippen MR) is 73.9 cm³/mol. The molecule has 0 fully saturated rings. The van der Waals surface area contributed by atoms with Crippen molar-refractivity contribution in [3.05, 3.63) is 59.9 Å². The molecule has 0 saturated heterocycles. The molecule has 0 saturated carbocycles. The van der Waals surface area contributed by atoms with Crippen LogP contribution in [0.4, 0.5) is 4.39 Å². The van der Waals surface area contributed by atoms with Crippen LogP contribution in [0.25, 0.3) is 0 Å². The number of ether oxygens (including phenoxy) is 2. The number of carbonyl (C=O) groups excluding carboxylic acids is 2. The quantitative estimate of drug-likeness (QED) is 0.481. The van der Waals surface area contributed by atoms with Crippen LogP contribution < -0.4 is 4.74 Å². The highest BCUT2D eigenvalue weighted by molar-refractivity contribution is 6.05. The number of carbonyl (C=O) groups is 2. The fraction of sp³-hybridized carbons (Fsp3) is 0.125. The molecule has 108 valence electrons. The fourth-order valence-electron chi connectivity index (χ4n) is 1.65. The van der Waals surface area contributed by atoms with E-state index in [1.165, 1.54) is 31.4 Å². The first-order chi connectivity index (χ1) is 10.1. The molecule has 0 unspecified atom stereocenters. The number of Topliss-reactive ketones (excluding diaryl/α,β-unsaturated/α-hetero) is 1. The number of benzene rings is 2. The zero-order chi connectivity index (χ0) is 15.2. The Hall–Kier alpha value is -2.69. The average Bonchev–Trinajstić information content (AvgIpc) is 2.50. The average molecular weight is 288 g/mol. The molecule has 0 bridgehead atoms. The molecule has 21 heavy (non-hydrogen) atoms. The molecule has 2 aromatic rings. The van der Waals surface area contributed by atoms with E-state index in [1.54, 1.807) is 24.3 Å². The van der Waals surface area contributed by atoms with E-state index in [2.05, 4.69) is 4.74 Å². The van der Waals surface area contributed by atoms with Gasteiger partial charge in [0.15, 0.2) is 5.78 Å². The zero-order valence-electron chi connectivity index (χ0n) is 11.3. The molecule has 5 heteroatoms. The van der Waals surface area contributed by atoms with Gasteiger partial charge >= 0.3 is 5.97 Å². The van der Waals surface area contributed by atoms with Crippen LogP contribution in [0.1, 0.15) is 16.8 Å². The minimum absolute atomic E-state index is 0.297. The van der Waals surface area contributed by atoms with Crippen molar-refractivity contribution < 1.29 is 23.5 Å². The van der Waals surface area contributed by atoms with Crippen molar-refractivity contribution in [1.29, 1.82) is 0 Å². The smallest absolute Gasteiger partial charge is 0.313 e. The number of halogens is 1. The second kappa shape index (κ2) is 6.65. The molecular weight excluding hydrogens is 275 g/mol. The van der Waals surface area contributed by atoms with Crippen LogP contribution in [0, 0.1) is 5.82 Å². The number of esters is 1. The van der Waals surface area contributed by atoms with Crippen molar-refractivity contribution in [3.63, 3.8) is 0 Å². The van der Waals surface area contributed by atoms with E-state index >= 15 is 0 Å². The van der Waals surface area contributed by atoms with Gasteiger partial charge in [-0.25, -0.2) is 4.39 Å². The molecule has 0 aliphatic rings. The summed E-state index contributed by atoms with van der Waals surface area (Å²) in [5.41, 5.74) is 0.395. The highest BCUT2D eigenvalue weighted by Gasteiger charge is 2.12. The van der Waals surface area contributed by atoms with Crippen molar-refractivity contribution in [2.45, 2.75) is 6.42 Å². The van der Waals surface area contributed by atoms with E-state index in [0.29, 0.717) is 17.1 Å². The lowest BCUT2D eigenvalue weighted by Gasteiger charge is -2.06. The molecule has 2 rings (SSSR count). The molecule has 0 atom stereocenters. The van der Waals surface area contributed by atoms with E-state index in [4.69, 9.17) is 4.74 Å². The lowest BCUT2D eigenvalue weighted by molar-refractivity contribution is -0.139. The van der Waals surface area contributed by atoms with Gasteiger partial charge in [0.05, 0.1) is 7.11 Å². The Morgan fingerprint density at radius 3 is 2.00 bits per heavy atom. The van der Waals surface area contributed by atoms with Crippen LogP contribution in [0.3, 0.4) is 0 Å². The summed E-state index contributed by atoms with van der Waals surface area (Å²) >= 11 is 0. The first-order valence-electron chi connectivity index (χ1n) is 6.22. The molecule has 0 aliphatic heterocycles. The van der Waals surface area contributed by atoms with Crippen molar-refractivity contribution >= 4 is 11.8 Å².